The number of methoxy groups -OCH3 is 2. The molecule has 2 aliphatic carbocycles. The third kappa shape index (κ3) is 12.6. The normalized spacial score (nSPS) is 38.0. The van der Waals surface area contributed by atoms with Crippen LogP contribution in [0.1, 0.15) is 107 Å². The average Bonchev–Trinajstić information content (AvgIpc) is 2.77. The van der Waals surface area contributed by atoms with Gasteiger partial charge >= 0.3 is 0 Å². The van der Waals surface area contributed by atoms with Crippen molar-refractivity contribution >= 4 is 0 Å². The van der Waals surface area contributed by atoms with Gasteiger partial charge < -0.3 is 37.3 Å². The highest BCUT2D eigenvalue weighted by Crippen LogP contribution is 2.53. The molecule has 0 aromatic rings. The Morgan fingerprint density at radius 2 is 1.31 bits per heavy atom. The highest BCUT2D eigenvalue weighted by Gasteiger charge is 2.48. The van der Waals surface area contributed by atoms with Crippen molar-refractivity contribution in [2.45, 2.75) is 124 Å². The lowest BCUT2D eigenvalue weighted by molar-refractivity contribution is -0.00212. The van der Waals surface area contributed by atoms with Gasteiger partial charge in [-0.1, -0.05) is 48.5 Å². The fraction of sp³-hybridized carbons (Fsp3) is 1.00. The minimum absolute atomic E-state index is 0.0711. The number of rotatable bonds is 13. The van der Waals surface area contributed by atoms with Crippen molar-refractivity contribution in [1.82, 2.24) is 10.6 Å². The molecule has 0 radical (unpaired) electrons. The van der Waals surface area contributed by atoms with Crippen LogP contribution >= 0.6 is 0 Å². The molecule has 39 heavy (non-hydrogen) atoms. The van der Waals surface area contributed by atoms with E-state index in [1.165, 1.54) is 19.3 Å². The molecular weight excluding hydrogens is 486 g/mol. The highest BCUT2D eigenvalue weighted by atomic mass is 16.5. The molecule has 2 aliphatic rings. The molecule has 6 unspecified atom stereocenters. The van der Waals surface area contributed by atoms with E-state index in [9.17, 15) is 0 Å². The average molecular weight is 556 g/mol. The first-order valence-corrected chi connectivity index (χ1v) is 15.5. The Kier molecular flexibility index (Phi) is 13.9. The summed E-state index contributed by atoms with van der Waals surface area (Å²) in [6, 6.07) is 0. The Morgan fingerprint density at radius 3 is 1.74 bits per heavy atom. The zero-order valence-electron chi connectivity index (χ0n) is 27.9. The van der Waals surface area contributed by atoms with Crippen molar-refractivity contribution < 1.29 is 9.47 Å². The Labute approximate surface area is 242 Å². The van der Waals surface area contributed by atoms with Crippen LogP contribution < -0.4 is 27.8 Å². The number of hydrogen-bond donors (Lipinski definition) is 5. The van der Waals surface area contributed by atoms with Gasteiger partial charge in [0.15, 0.2) is 0 Å². The van der Waals surface area contributed by atoms with Gasteiger partial charge in [-0.05, 0) is 106 Å². The molecule has 2 fully saturated rings. The molecule has 0 heterocycles. The quantitative estimate of drug-likeness (QED) is 0.224. The molecule has 7 nitrogen and oxygen atoms in total. The molecule has 2 saturated carbocycles. The fourth-order valence-corrected chi connectivity index (χ4v) is 8.76. The van der Waals surface area contributed by atoms with Crippen LogP contribution in [-0.4, -0.2) is 70.7 Å². The van der Waals surface area contributed by atoms with Crippen LogP contribution in [0.4, 0.5) is 0 Å². The van der Waals surface area contributed by atoms with E-state index in [0.29, 0.717) is 17.4 Å². The predicted octanol–water partition coefficient (Wildman–Crippen LogP) is 4.67. The second-order valence-electron chi connectivity index (χ2n) is 16.1. The maximum Gasteiger partial charge on any atom is 0.0693 e. The van der Waals surface area contributed by atoms with E-state index < -0.39 is 0 Å². The molecule has 0 aromatic heterocycles. The fourth-order valence-electron chi connectivity index (χ4n) is 8.76. The third-order valence-corrected chi connectivity index (χ3v) is 9.13. The molecule has 0 amide bonds. The van der Waals surface area contributed by atoms with Gasteiger partial charge in [-0.15, -0.1) is 0 Å². The first-order chi connectivity index (χ1) is 17.8. The zero-order chi connectivity index (χ0) is 30.2. The Bertz CT molecular complexity index is 677. The molecule has 0 aliphatic heterocycles. The van der Waals surface area contributed by atoms with E-state index in [2.05, 4.69) is 72.9 Å². The zero-order valence-corrected chi connectivity index (χ0v) is 27.9. The van der Waals surface area contributed by atoms with Gasteiger partial charge in [0.2, 0.25) is 0 Å². The van der Waals surface area contributed by atoms with Crippen LogP contribution in [0.3, 0.4) is 0 Å². The third-order valence-electron chi connectivity index (χ3n) is 9.13. The van der Waals surface area contributed by atoms with Crippen molar-refractivity contribution in [3.8, 4) is 0 Å². The summed E-state index contributed by atoms with van der Waals surface area (Å²) in [5, 5.41) is 7.35. The summed E-state index contributed by atoms with van der Waals surface area (Å²) in [6.45, 7) is 25.8. The molecule has 0 aromatic carbocycles. The molecule has 2 rings (SSSR count). The molecule has 8 N–H and O–H groups in total. The molecule has 0 saturated heterocycles. The smallest absolute Gasteiger partial charge is 0.0693 e. The van der Waals surface area contributed by atoms with Gasteiger partial charge in [-0.2, -0.15) is 0 Å². The summed E-state index contributed by atoms with van der Waals surface area (Å²) in [5.74, 6) is 0.545. The summed E-state index contributed by atoms with van der Waals surface area (Å²) in [7, 11) is 3.55. The first-order valence-electron chi connectivity index (χ1n) is 15.5. The van der Waals surface area contributed by atoms with Crippen LogP contribution in [0.25, 0.3) is 0 Å². The number of nitrogens with one attached hydrogen (secondary N) is 2. The SMILES string of the molecule is CCC(CNC1(C)CC(C)(C)CC(C)(N)C1)OC.COCC(C)CNCC1(C)CC(C)(CN)CC(C)(CN)C1. The summed E-state index contributed by atoms with van der Waals surface area (Å²) in [6.07, 6.45) is 8.15. The van der Waals surface area contributed by atoms with E-state index in [-0.39, 0.29) is 27.3 Å². The lowest BCUT2D eigenvalue weighted by atomic mass is 9.54. The highest BCUT2D eigenvalue weighted by molar-refractivity contribution is 5.04. The van der Waals surface area contributed by atoms with E-state index in [4.69, 9.17) is 26.7 Å². The molecule has 234 valence electrons. The monoisotopic (exact) mass is 556 g/mol. The number of nitrogens with two attached hydrogens (primary N) is 3. The first kappa shape index (κ1) is 36.7. The maximum atomic E-state index is 6.43. The maximum absolute atomic E-state index is 6.43. The summed E-state index contributed by atoms with van der Waals surface area (Å²) < 4.78 is 10.6. The second kappa shape index (κ2) is 14.8. The van der Waals surface area contributed by atoms with Gasteiger partial charge in [0.05, 0.1) is 6.10 Å². The summed E-state index contributed by atoms with van der Waals surface area (Å²) in [4.78, 5) is 0. The van der Waals surface area contributed by atoms with Crippen molar-refractivity contribution in [3.05, 3.63) is 0 Å². The second-order valence-corrected chi connectivity index (χ2v) is 16.1. The van der Waals surface area contributed by atoms with Gasteiger partial charge in [0, 0.05) is 45.0 Å². The summed E-state index contributed by atoms with van der Waals surface area (Å²) in [5.41, 5.74) is 19.6. The van der Waals surface area contributed by atoms with Crippen molar-refractivity contribution in [3.63, 3.8) is 0 Å². The van der Waals surface area contributed by atoms with E-state index in [1.54, 1.807) is 14.2 Å². The van der Waals surface area contributed by atoms with Crippen molar-refractivity contribution in [2.24, 2.45) is 44.8 Å². The Hall–Kier alpha value is -0.280. The number of ether oxygens (including phenoxy) is 2. The van der Waals surface area contributed by atoms with Gasteiger partial charge in [-0.25, -0.2) is 0 Å². The van der Waals surface area contributed by atoms with Crippen molar-refractivity contribution in [1.29, 1.82) is 0 Å². The van der Waals surface area contributed by atoms with Crippen molar-refractivity contribution in [2.75, 3.05) is 53.6 Å². The van der Waals surface area contributed by atoms with E-state index in [1.807, 2.05) is 0 Å². The predicted molar refractivity (Wildman–Crippen MR) is 168 cm³/mol. The van der Waals surface area contributed by atoms with Gasteiger partial charge in [0.1, 0.15) is 0 Å². The van der Waals surface area contributed by atoms with Crippen LogP contribution in [-0.2, 0) is 9.47 Å². The number of hydrogen-bond acceptors (Lipinski definition) is 7. The van der Waals surface area contributed by atoms with E-state index in [0.717, 1.165) is 65.0 Å². The minimum Gasteiger partial charge on any atom is -0.384 e. The van der Waals surface area contributed by atoms with Crippen LogP contribution in [0.15, 0.2) is 0 Å². The standard InChI is InChI=1S/C17H37N3O.C15H32N2O/c1-14(7-21-5)6-20-13-17(4)9-15(2,11-18)8-16(3,10-17)12-19;1-7-12(18-6)8-17-15(5)10-13(2,3)9-14(4,16)11-15/h14,20H,6-13,18-19H2,1-5H3;12,17H,7-11,16H2,1-6H3. The van der Waals surface area contributed by atoms with Crippen LogP contribution in [0, 0.1) is 27.6 Å². The molecular formula is C32H69N5O2. The molecule has 7 heteroatoms. The topological polar surface area (TPSA) is 121 Å². The Balaban J connectivity index is 0.000000395. The lowest BCUT2D eigenvalue weighted by Crippen LogP contribution is -2.60. The van der Waals surface area contributed by atoms with Gasteiger partial charge in [0.25, 0.3) is 0 Å². The van der Waals surface area contributed by atoms with E-state index >= 15 is 0 Å². The van der Waals surface area contributed by atoms with Gasteiger partial charge in [-0.3, -0.25) is 0 Å². The van der Waals surface area contributed by atoms with Crippen LogP contribution in [0.5, 0.6) is 0 Å². The Morgan fingerprint density at radius 1 is 0.769 bits per heavy atom. The lowest BCUT2D eigenvalue weighted by Gasteiger charge is -2.53. The largest absolute Gasteiger partial charge is 0.384 e. The molecule has 0 bridgehead atoms. The van der Waals surface area contributed by atoms with Crippen LogP contribution in [0.2, 0.25) is 0 Å². The minimum atomic E-state index is -0.0711. The summed E-state index contributed by atoms with van der Waals surface area (Å²) >= 11 is 0. The molecule has 6 atom stereocenters. The molecule has 0 spiro atoms.